The van der Waals surface area contributed by atoms with Crippen LogP contribution < -0.4 is 10.6 Å². The zero-order valence-corrected chi connectivity index (χ0v) is 11.6. The Labute approximate surface area is 115 Å². The van der Waals surface area contributed by atoms with Gasteiger partial charge in [-0.1, -0.05) is 25.1 Å². The molecule has 0 bridgehead atoms. The Morgan fingerprint density at radius 2 is 2.05 bits per heavy atom. The first-order chi connectivity index (χ1) is 9.31. The largest absolute Gasteiger partial charge is 0.351 e. The van der Waals surface area contributed by atoms with Crippen molar-refractivity contribution in [3.8, 4) is 0 Å². The highest BCUT2D eigenvalue weighted by atomic mass is 16.1. The van der Waals surface area contributed by atoms with Crippen molar-refractivity contribution in [3.05, 3.63) is 35.4 Å². The van der Waals surface area contributed by atoms with E-state index < -0.39 is 0 Å². The van der Waals surface area contributed by atoms with Crippen molar-refractivity contribution in [1.82, 2.24) is 15.5 Å². The number of benzene rings is 1. The number of nitrogens with zero attached hydrogens (tertiary/aromatic N) is 1. The number of carbonyl (C=O) groups excluding carboxylic acids is 1. The third-order valence-corrected chi connectivity index (χ3v) is 3.57. The molecule has 2 N–H and O–H groups in total. The Kier molecular flexibility index (Phi) is 5.36. The SMILES string of the molecule is CCc1ccccc1C(=O)NCCN1CCNCC1. The van der Waals surface area contributed by atoms with E-state index >= 15 is 0 Å². The molecule has 1 heterocycles. The highest BCUT2D eigenvalue weighted by molar-refractivity contribution is 5.95. The summed E-state index contributed by atoms with van der Waals surface area (Å²) in [6.07, 6.45) is 0.890. The predicted molar refractivity (Wildman–Crippen MR) is 77.5 cm³/mol. The molecule has 1 aliphatic rings. The molecule has 0 aromatic heterocycles. The molecule has 0 saturated carbocycles. The summed E-state index contributed by atoms with van der Waals surface area (Å²) >= 11 is 0. The fourth-order valence-electron chi connectivity index (χ4n) is 2.41. The molecule has 1 saturated heterocycles. The van der Waals surface area contributed by atoms with Crippen LogP contribution in [0.1, 0.15) is 22.8 Å². The van der Waals surface area contributed by atoms with E-state index in [0.29, 0.717) is 0 Å². The van der Waals surface area contributed by atoms with Crippen molar-refractivity contribution in [2.45, 2.75) is 13.3 Å². The minimum atomic E-state index is 0.0487. The number of piperazine rings is 1. The maximum Gasteiger partial charge on any atom is 0.251 e. The molecule has 1 aromatic rings. The molecule has 104 valence electrons. The Morgan fingerprint density at radius 1 is 1.32 bits per heavy atom. The standard InChI is InChI=1S/C15H23N3O/c1-2-13-5-3-4-6-14(13)15(19)17-9-12-18-10-7-16-8-11-18/h3-6,16H,2,7-12H2,1H3,(H,17,19). The molecule has 0 radical (unpaired) electrons. The van der Waals surface area contributed by atoms with Crippen molar-refractivity contribution in [2.24, 2.45) is 0 Å². The van der Waals surface area contributed by atoms with Gasteiger partial charge < -0.3 is 10.6 Å². The first kappa shape index (κ1) is 14.0. The summed E-state index contributed by atoms with van der Waals surface area (Å²) in [5.41, 5.74) is 1.92. The molecule has 4 nitrogen and oxygen atoms in total. The topological polar surface area (TPSA) is 44.4 Å². The number of nitrogens with one attached hydrogen (secondary N) is 2. The number of hydrogen-bond acceptors (Lipinski definition) is 3. The van der Waals surface area contributed by atoms with Gasteiger partial charge in [0.2, 0.25) is 0 Å². The van der Waals surface area contributed by atoms with Crippen LogP contribution in [0, 0.1) is 0 Å². The molecule has 1 aromatic carbocycles. The monoisotopic (exact) mass is 261 g/mol. The zero-order valence-electron chi connectivity index (χ0n) is 11.6. The third-order valence-electron chi connectivity index (χ3n) is 3.57. The van der Waals surface area contributed by atoms with Gasteiger partial charge in [-0.3, -0.25) is 9.69 Å². The summed E-state index contributed by atoms with van der Waals surface area (Å²) in [6.45, 7) is 7.97. The molecule has 1 fully saturated rings. The lowest BCUT2D eigenvalue weighted by Gasteiger charge is -2.27. The third kappa shape index (κ3) is 4.04. The second kappa shape index (κ2) is 7.26. The summed E-state index contributed by atoms with van der Waals surface area (Å²) in [5.74, 6) is 0.0487. The van der Waals surface area contributed by atoms with E-state index in [2.05, 4.69) is 22.5 Å². The fraction of sp³-hybridized carbons (Fsp3) is 0.533. The molecule has 0 atom stereocenters. The normalized spacial score (nSPS) is 16.3. The number of hydrogen-bond donors (Lipinski definition) is 2. The summed E-state index contributed by atoms with van der Waals surface area (Å²) in [6, 6.07) is 7.82. The first-order valence-electron chi connectivity index (χ1n) is 7.10. The number of carbonyl (C=O) groups is 1. The van der Waals surface area contributed by atoms with Crippen LogP contribution >= 0.6 is 0 Å². The molecule has 0 unspecified atom stereocenters. The maximum atomic E-state index is 12.1. The van der Waals surface area contributed by atoms with E-state index in [4.69, 9.17) is 0 Å². The van der Waals surface area contributed by atoms with Gasteiger partial charge in [-0.15, -0.1) is 0 Å². The lowest BCUT2D eigenvalue weighted by atomic mass is 10.0. The van der Waals surface area contributed by atoms with Crippen LogP contribution in [0.5, 0.6) is 0 Å². The van der Waals surface area contributed by atoms with Crippen molar-refractivity contribution in [3.63, 3.8) is 0 Å². The van der Waals surface area contributed by atoms with Crippen molar-refractivity contribution >= 4 is 5.91 Å². The van der Waals surface area contributed by atoms with Crippen LogP contribution in [-0.4, -0.2) is 50.1 Å². The van der Waals surface area contributed by atoms with Gasteiger partial charge in [-0.2, -0.15) is 0 Å². The molecule has 2 rings (SSSR count). The van der Waals surface area contributed by atoms with Crippen LogP contribution in [0.15, 0.2) is 24.3 Å². The number of aryl methyl sites for hydroxylation is 1. The lowest BCUT2D eigenvalue weighted by Crippen LogP contribution is -2.46. The summed E-state index contributed by atoms with van der Waals surface area (Å²) < 4.78 is 0. The van der Waals surface area contributed by atoms with Gasteiger partial charge in [-0.25, -0.2) is 0 Å². The van der Waals surface area contributed by atoms with Crippen LogP contribution in [0.3, 0.4) is 0 Å². The average molecular weight is 261 g/mol. The van der Waals surface area contributed by atoms with E-state index in [-0.39, 0.29) is 5.91 Å². The van der Waals surface area contributed by atoms with Crippen LogP contribution in [0.4, 0.5) is 0 Å². The Morgan fingerprint density at radius 3 is 2.79 bits per heavy atom. The quantitative estimate of drug-likeness (QED) is 0.827. The second-order valence-electron chi connectivity index (χ2n) is 4.86. The molecule has 1 aliphatic heterocycles. The minimum absolute atomic E-state index is 0.0487. The molecule has 19 heavy (non-hydrogen) atoms. The van der Waals surface area contributed by atoms with Crippen molar-refractivity contribution in [1.29, 1.82) is 0 Å². The fourth-order valence-corrected chi connectivity index (χ4v) is 2.41. The van der Waals surface area contributed by atoms with Gasteiger partial charge in [0.05, 0.1) is 0 Å². The molecular weight excluding hydrogens is 238 g/mol. The van der Waals surface area contributed by atoms with Gasteiger partial charge in [-0.05, 0) is 18.1 Å². The van der Waals surface area contributed by atoms with E-state index in [9.17, 15) is 4.79 Å². The number of rotatable bonds is 5. The number of amides is 1. The summed E-state index contributed by atoms with van der Waals surface area (Å²) in [7, 11) is 0. The van der Waals surface area contributed by atoms with Gasteiger partial charge in [0, 0.05) is 44.8 Å². The van der Waals surface area contributed by atoms with E-state index in [0.717, 1.165) is 56.8 Å². The van der Waals surface area contributed by atoms with Crippen LogP contribution in [0.25, 0.3) is 0 Å². The van der Waals surface area contributed by atoms with Gasteiger partial charge in [0.25, 0.3) is 5.91 Å². The van der Waals surface area contributed by atoms with Gasteiger partial charge in [0.1, 0.15) is 0 Å². The van der Waals surface area contributed by atoms with E-state index in [1.807, 2.05) is 24.3 Å². The smallest absolute Gasteiger partial charge is 0.251 e. The summed E-state index contributed by atoms with van der Waals surface area (Å²) in [5, 5.41) is 6.35. The first-order valence-corrected chi connectivity index (χ1v) is 7.10. The molecular formula is C15H23N3O. The Hall–Kier alpha value is -1.39. The average Bonchev–Trinajstić information content (AvgIpc) is 2.48. The maximum absolute atomic E-state index is 12.1. The van der Waals surface area contributed by atoms with E-state index in [1.54, 1.807) is 0 Å². The van der Waals surface area contributed by atoms with Crippen molar-refractivity contribution < 1.29 is 4.79 Å². The Balaban J connectivity index is 1.80. The van der Waals surface area contributed by atoms with Crippen molar-refractivity contribution in [2.75, 3.05) is 39.3 Å². The molecule has 1 amide bonds. The minimum Gasteiger partial charge on any atom is -0.351 e. The molecule has 0 aliphatic carbocycles. The zero-order chi connectivity index (χ0) is 13.5. The second-order valence-corrected chi connectivity index (χ2v) is 4.86. The van der Waals surface area contributed by atoms with Crippen LogP contribution in [-0.2, 0) is 6.42 Å². The van der Waals surface area contributed by atoms with Gasteiger partial charge >= 0.3 is 0 Å². The highest BCUT2D eigenvalue weighted by Crippen LogP contribution is 2.08. The predicted octanol–water partition coefficient (Wildman–Crippen LogP) is 0.884. The van der Waals surface area contributed by atoms with Crippen LogP contribution in [0.2, 0.25) is 0 Å². The van der Waals surface area contributed by atoms with Gasteiger partial charge in [0.15, 0.2) is 0 Å². The summed E-state index contributed by atoms with van der Waals surface area (Å²) in [4.78, 5) is 14.5. The van der Waals surface area contributed by atoms with E-state index in [1.165, 1.54) is 0 Å². The highest BCUT2D eigenvalue weighted by Gasteiger charge is 2.11. The lowest BCUT2D eigenvalue weighted by molar-refractivity contribution is 0.0946. The molecule has 4 heteroatoms. The Bertz CT molecular complexity index is 414. The molecule has 0 spiro atoms.